The molecule has 1 spiro atoms. The van der Waals surface area contributed by atoms with Crippen LogP contribution in [0.1, 0.15) is 75.9 Å². The molecular weight excluding hydrogens is 418 g/mol. The molecule has 33 heavy (non-hydrogen) atoms. The number of carbonyl (C=O) groups excluding carboxylic acids is 3. The average molecular weight is 448 g/mol. The van der Waals surface area contributed by atoms with E-state index in [1.54, 1.807) is 25.4 Å². The highest BCUT2D eigenvalue weighted by molar-refractivity contribution is 6.08. The monoisotopic (exact) mass is 447 g/mol. The number of piperidine rings is 1. The first-order chi connectivity index (χ1) is 15.8. The summed E-state index contributed by atoms with van der Waals surface area (Å²) in [5, 5.41) is 7.83. The maximum Gasteiger partial charge on any atom is 0.253 e. The lowest BCUT2D eigenvalue weighted by Gasteiger charge is -2.43. The van der Waals surface area contributed by atoms with E-state index >= 15 is 0 Å². The first kappa shape index (κ1) is 21.4. The van der Waals surface area contributed by atoms with Crippen molar-refractivity contribution < 1.29 is 14.4 Å². The highest BCUT2D eigenvalue weighted by Crippen LogP contribution is 2.44. The van der Waals surface area contributed by atoms with E-state index in [9.17, 15) is 14.4 Å². The van der Waals surface area contributed by atoms with Gasteiger partial charge in [0.05, 0.1) is 11.8 Å². The number of nitrogens with one attached hydrogen (secondary N) is 2. The van der Waals surface area contributed by atoms with E-state index in [1.807, 2.05) is 35.7 Å². The van der Waals surface area contributed by atoms with Gasteiger partial charge in [-0.05, 0) is 56.7 Å². The number of likely N-dealkylation sites (tertiary alicyclic amines) is 1. The second-order valence-electron chi connectivity index (χ2n) is 9.67. The van der Waals surface area contributed by atoms with Crippen LogP contribution in [0.2, 0.25) is 0 Å². The number of hydrogen-bond acceptors (Lipinski definition) is 4. The molecule has 8 nitrogen and oxygen atoms in total. The topological polar surface area (TPSA) is 100 Å². The molecular formula is C25H29N5O3. The Morgan fingerprint density at radius 1 is 1.18 bits per heavy atom. The Kier molecular flexibility index (Phi) is 5.11. The third-order valence-electron chi connectivity index (χ3n) is 7.24. The number of aromatic nitrogens is 3. The van der Waals surface area contributed by atoms with Gasteiger partial charge in [0.1, 0.15) is 5.69 Å². The summed E-state index contributed by atoms with van der Waals surface area (Å²) in [5.74, 6) is -0.0546. The molecule has 0 atom stereocenters. The van der Waals surface area contributed by atoms with Crippen molar-refractivity contribution in [2.24, 2.45) is 5.41 Å². The second kappa shape index (κ2) is 7.86. The molecule has 0 bridgehead atoms. The number of H-pyrrole nitrogens is 1. The standard InChI is InChI=1S/C25H29N5O3/c1-15(2)30-22-17(13-28-30)11-25(12-21(22)31)6-8-29(9-7-25)24(33)16-4-5-20-18(10-16)19(14-27-20)23(32)26-3/h4-5,10,13-15,27H,6-9,11-12H2,1-3H3,(H,26,32). The van der Waals surface area contributed by atoms with Gasteiger partial charge in [0, 0.05) is 60.8 Å². The lowest BCUT2D eigenvalue weighted by atomic mass is 9.67. The van der Waals surface area contributed by atoms with Crippen LogP contribution in [0.3, 0.4) is 0 Å². The molecule has 172 valence electrons. The maximum absolute atomic E-state index is 13.3. The SMILES string of the molecule is CNC(=O)c1c[nH]c2ccc(C(=O)N3CCC4(CC3)CC(=O)c3c(cnn3C(C)C)C4)cc12. The number of rotatable bonds is 3. The fourth-order valence-corrected chi connectivity index (χ4v) is 5.41. The summed E-state index contributed by atoms with van der Waals surface area (Å²) in [7, 11) is 1.59. The van der Waals surface area contributed by atoms with Gasteiger partial charge in [0.15, 0.2) is 5.78 Å². The van der Waals surface area contributed by atoms with Gasteiger partial charge in [-0.1, -0.05) is 0 Å². The minimum Gasteiger partial charge on any atom is -0.360 e. The van der Waals surface area contributed by atoms with Crippen molar-refractivity contribution >= 4 is 28.5 Å². The molecule has 1 saturated heterocycles. The minimum absolute atomic E-state index is 0.0359. The molecule has 1 aliphatic carbocycles. The van der Waals surface area contributed by atoms with Gasteiger partial charge in [0.25, 0.3) is 11.8 Å². The molecule has 0 radical (unpaired) electrons. The van der Waals surface area contributed by atoms with Crippen molar-refractivity contribution in [3.05, 3.63) is 53.0 Å². The summed E-state index contributed by atoms with van der Waals surface area (Å²) in [6, 6.07) is 5.59. The number of Topliss-reactive ketones (excluding diaryl/α,β-unsaturated/α-hetero) is 1. The van der Waals surface area contributed by atoms with Crippen LogP contribution >= 0.6 is 0 Å². The van der Waals surface area contributed by atoms with Crippen LogP contribution in [-0.2, 0) is 6.42 Å². The summed E-state index contributed by atoms with van der Waals surface area (Å²) >= 11 is 0. The third-order valence-corrected chi connectivity index (χ3v) is 7.24. The number of fused-ring (bicyclic) bond motifs is 2. The van der Waals surface area contributed by atoms with Gasteiger partial charge in [-0.2, -0.15) is 5.10 Å². The van der Waals surface area contributed by atoms with Crippen LogP contribution in [0, 0.1) is 5.41 Å². The van der Waals surface area contributed by atoms with Crippen molar-refractivity contribution in [3.63, 3.8) is 0 Å². The number of amides is 2. The van der Waals surface area contributed by atoms with Crippen LogP contribution in [0.4, 0.5) is 0 Å². The zero-order chi connectivity index (χ0) is 23.3. The van der Waals surface area contributed by atoms with E-state index in [0.717, 1.165) is 41.4 Å². The van der Waals surface area contributed by atoms with Crippen LogP contribution in [0.5, 0.6) is 0 Å². The highest BCUT2D eigenvalue weighted by atomic mass is 16.2. The summed E-state index contributed by atoms with van der Waals surface area (Å²) in [6.07, 6.45) is 6.47. The van der Waals surface area contributed by atoms with E-state index in [2.05, 4.69) is 15.4 Å². The van der Waals surface area contributed by atoms with E-state index in [4.69, 9.17) is 0 Å². The number of nitrogens with zero attached hydrogens (tertiary/aromatic N) is 3. The predicted octanol–water partition coefficient (Wildman–Crippen LogP) is 3.36. The van der Waals surface area contributed by atoms with Crippen LogP contribution in [0.25, 0.3) is 10.9 Å². The Morgan fingerprint density at radius 2 is 1.94 bits per heavy atom. The molecule has 1 aliphatic heterocycles. The molecule has 1 fully saturated rings. The summed E-state index contributed by atoms with van der Waals surface area (Å²) in [6.45, 7) is 5.31. The first-order valence-corrected chi connectivity index (χ1v) is 11.5. The number of hydrogen-bond donors (Lipinski definition) is 2. The molecule has 1 aromatic carbocycles. The second-order valence-corrected chi connectivity index (χ2v) is 9.67. The normalized spacial score (nSPS) is 17.6. The molecule has 2 N–H and O–H groups in total. The lowest BCUT2D eigenvalue weighted by molar-refractivity contribution is 0.0517. The maximum atomic E-state index is 13.3. The van der Waals surface area contributed by atoms with E-state index in [0.29, 0.717) is 30.6 Å². The quantitative estimate of drug-likeness (QED) is 0.643. The van der Waals surface area contributed by atoms with Gasteiger partial charge in [0.2, 0.25) is 0 Å². The van der Waals surface area contributed by atoms with Gasteiger partial charge in [-0.3, -0.25) is 19.1 Å². The van der Waals surface area contributed by atoms with Gasteiger partial charge in [-0.15, -0.1) is 0 Å². The van der Waals surface area contributed by atoms with Crippen LogP contribution in [-0.4, -0.2) is 57.4 Å². The van der Waals surface area contributed by atoms with Crippen molar-refractivity contribution in [2.45, 2.75) is 45.6 Å². The zero-order valence-corrected chi connectivity index (χ0v) is 19.3. The van der Waals surface area contributed by atoms with Crippen LogP contribution < -0.4 is 5.32 Å². The number of benzene rings is 1. The minimum atomic E-state index is -0.187. The summed E-state index contributed by atoms with van der Waals surface area (Å²) in [5.41, 5.74) is 3.63. The molecule has 2 aromatic heterocycles. The molecule has 8 heteroatoms. The third kappa shape index (κ3) is 3.53. The largest absolute Gasteiger partial charge is 0.360 e. The number of ketones is 1. The summed E-state index contributed by atoms with van der Waals surface area (Å²) in [4.78, 5) is 43.4. The Balaban J connectivity index is 1.33. The lowest BCUT2D eigenvalue weighted by Crippen LogP contribution is -2.46. The van der Waals surface area contributed by atoms with E-state index in [-0.39, 0.29) is 29.1 Å². The first-order valence-electron chi connectivity index (χ1n) is 11.5. The van der Waals surface area contributed by atoms with Crippen molar-refractivity contribution in [2.75, 3.05) is 20.1 Å². The van der Waals surface area contributed by atoms with Crippen molar-refractivity contribution in [3.8, 4) is 0 Å². The molecule has 3 heterocycles. The highest BCUT2D eigenvalue weighted by Gasteiger charge is 2.43. The Labute approximate surface area is 192 Å². The zero-order valence-electron chi connectivity index (χ0n) is 19.3. The molecule has 5 rings (SSSR count). The smallest absolute Gasteiger partial charge is 0.253 e. The molecule has 2 amide bonds. The summed E-state index contributed by atoms with van der Waals surface area (Å²) < 4.78 is 1.84. The number of aromatic amines is 1. The van der Waals surface area contributed by atoms with Crippen molar-refractivity contribution in [1.82, 2.24) is 25.0 Å². The van der Waals surface area contributed by atoms with Crippen molar-refractivity contribution in [1.29, 1.82) is 0 Å². The number of carbonyl (C=O) groups is 3. The van der Waals surface area contributed by atoms with Crippen LogP contribution in [0.15, 0.2) is 30.6 Å². The van der Waals surface area contributed by atoms with Gasteiger partial charge in [-0.25, -0.2) is 0 Å². The van der Waals surface area contributed by atoms with E-state index in [1.165, 1.54) is 0 Å². The Morgan fingerprint density at radius 3 is 2.64 bits per heavy atom. The molecule has 3 aromatic rings. The van der Waals surface area contributed by atoms with Gasteiger partial charge >= 0.3 is 0 Å². The Hall–Kier alpha value is -3.42. The fourth-order valence-electron chi connectivity index (χ4n) is 5.41. The fraction of sp³-hybridized carbons (Fsp3) is 0.440. The molecule has 0 unspecified atom stereocenters. The molecule has 0 saturated carbocycles. The van der Waals surface area contributed by atoms with Gasteiger partial charge < -0.3 is 15.2 Å². The molecule has 2 aliphatic rings. The Bertz CT molecular complexity index is 1260. The average Bonchev–Trinajstić information content (AvgIpc) is 3.42. The predicted molar refractivity (Wildman–Crippen MR) is 125 cm³/mol. The van der Waals surface area contributed by atoms with E-state index < -0.39 is 0 Å².